The molecule has 1 atom stereocenters. The van der Waals surface area contributed by atoms with Crippen molar-refractivity contribution < 1.29 is 47.5 Å². The van der Waals surface area contributed by atoms with E-state index in [4.69, 9.17) is 0 Å². The van der Waals surface area contributed by atoms with Crippen LogP contribution >= 0.6 is 36.5 Å². The van der Waals surface area contributed by atoms with E-state index in [1.165, 1.54) is 26.8 Å². The molecule has 0 aromatic heterocycles. The molecule has 1 aliphatic carbocycles. The first-order chi connectivity index (χ1) is 10.2. The van der Waals surface area contributed by atoms with Gasteiger partial charge < -0.3 is 24.8 Å². The van der Waals surface area contributed by atoms with Crippen LogP contribution in [0.5, 0.6) is 0 Å². The van der Waals surface area contributed by atoms with E-state index >= 15 is 0 Å². The van der Waals surface area contributed by atoms with E-state index in [-0.39, 0.29) is 24.8 Å². The molecule has 0 saturated carbocycles. The van der Waals surface area contributed by atoms with Crippen LogP contribution in [0, 0.1) is 6.08 Å². The Balaban J connectivity index is 0.000000354. The van der Waals surface area contributed by atoms with E-state index in [1.807, 2.05) is 11.8 Å². The second kappa shape index (κ2) is 12.0. The number of halogens is 3. The molecule has 0 amide bonds. The molecule has 0 spiro atoms. The fourth-order valence-electron chi connectivity index (χ4n) is 2.17. The van der Waals surface area contributed by atoms with Crippen LogP contribution < -0.4 is 24.8 Å². The number of allylic oxidation sites excluding steroid dienone is 4. The minimum Gasteiger partial charge on any atom is -0.168 e. The zero-order chi connectivity index (χ0) is 15.2. The molecule has 2 aromatic rings. The van der Waals surface area contributed by atoms with Gasteiger partial charge in [-0.05, 0) is 0 Å². The third kappa shape index (κ3) is 6.76. The van der Waals surface area contributed by atoms with Crippen LogP contribution in [0.15, 0.2) is 70.7 Å². The first-order valence-electron chi connectivity index (χ1n) is 6.38. The SMILES string of the molecule is CC1=CC2=[C-]C(Br)SC2=C1.[Cl-].[Cl-].[S]=[Zr+2].c1ccc2[cH-]ccc2c1. The summed E-state index contributed by atoms with van der Waals surface area (Å²) in [4.78, 5) is 1.36. The van der Waals surface area contributed by atoms with E-state index in [1.54, 1.807) is 0 Å². The Kier molecular flexibility index (Phi) is 12.3. The van der Waals surface area contributed by atoms with Gasteiger partial charge >= 0.3 is 31.5 Å². The van der Waals surface area contributed by atoms with E-state index < -0.39 is 0 Å². The molecule has 0 nitrogen and oxygen atoms in total. The Morgan fingerprint density at radius 1 is 1.17 bits per heavy atom. The average molecular weight is 523 g/mol. The molecule has 0 fully saturated rings. The van der Waals surface area contributed by atoms with Crippen molar-refractivity contribution in [2.24, 2.45) is 0 Å². The van der Waals surface area contributed by atoms with E-state index in [9.17, 15) is 0 Å². The molecule has 0 N–H and O–H groups in total. The summed E-state index contributed by atoms with van der Waals surface area (Å²) in [5.74, 6) is 0. The number of rotatable bonds is 0. The molecule has 0 radical (unpaired) electrons. The van der Waals surface area contributed by atoms with Gasteiger partial charge in [0.25, 0.3) is 0 Å². The number of benzene rings is 1. The van der Waals surface area contributed by atoms with Crippen molar-refractivity contribution in [1.29, 1.82) is 0 Å². The molecule has 2 aromatic carbocycles. The number of hydrogen-bond acceptors (Lipinski definition) is 2. The first kappa shape index (κ1) is 23.6. The van der Waals surface area contributed by atoms with Gasteiger partial charge in [0, 0.05) is 4.16 Å². The number of fused-ring (bicyclic) bond motifs is 2. The van der Waals surface area contributed by atoms with Gasteiger partial charge in [0.15, 0.2) is 0 Å². The van der Waals surface area contributed by atoms with Gasteiger partial charge in [-0.1, -0.05) is 33.8 Å². The summed E-state index contributed by atoms with van der Waals surface area (Å²) < 4.78 is 0.373. The Labute approximate surface area is 181 Å². The Hall–Kier alpha value is 0.563. The smallest absolute Gasteiger partial charge is 0.0809 e. The maximum atomic E-state index is 4.17. The number of hydrogen-bond donors (Lipinski definition) is 0. The number of thioether (sulfide) groups is 1. The molecule has 0 bridgehead atoms. The molecule has 0 saturated heterocycles. The van der Waals surface area contributed by atoms with Crippen LogP contribution in [-0.4, -0.2) is 4.16 Å². The molecule has 120 valence electrons. The zero-order valence-corrected chi connectivity index (χ0v) is 19.4. The minimum absolute atomic E-state index is 0. The summed E-state index contributed by atoms with van der Waals surface area (Å²) in [6.07, 6.45) is 7.67. The quantitative estimate of drug-likeness (QED) is 0.359. The van der Waals surface area contributed by atoms with Crippen molar-refractivity contribution in [2.75, 3.05) is 0 Å². The van der Waals surface area contributed by atoms with Gasteiger partial charge in [-0.15, -0.1) is 41.3 Å². The fraction of sp³-hybridized carbons (Fsp3) is 0.118. The van der Waals surface area contributed by atoms with Crippen LogP contribution in [0.2, 0.25) is 0 Å². The topological polar surface area (TPSA) is 0 Å². The maximum absolute atomic E-state index is 4.17. The molecule has 23 heavy (non-hydrogen) atoms. The average Bonchev–Trinajstić information content (AvgIpc) is 3.15. The largest absolute Gasteiger partial charge is 0.168 e. The van der Waals surface area contributed by atoms with Crippen molar-refractivity contribution in [1.82, 2.24) is 0 Å². The summed E-state index contributed by atoms with van der Waals surface area (Å²) in [5.41, 5.74) is 2.61. The zero-order valence-electron chi connectivity index (χ0n) is 12.2. The first-order valence-corrected chi connectivity index (χ1v) is 11.6. The van der Waals surface area contributed by atoms with Crippen LogP contribution in [0.4, 0.5) is 0 Å². The summed E-state index contributed by atoms with van der Waals surface area (Å²) in [6, 6.07) is 14.7. The molecular formula is C17H13BrCl2S2Zr-2. The molecule has 4 rings (SSSR count). The minimum atomic E-state index is 0. The van der Waals surface area contributed by atoms with E-state index in [0.717, 1.165) is 22.7 Å². The monoisotopic (exact) mass is 520 g/mol. The standard InChI is InChI=1S/C9H7.C8H6BrS.2ClH.S.Zr/c1-2-5-9-7-3-6-8(9)4-1;1-5-2-6-4-8(9)10-7(6)3-5;;;;/h1-7H;2-3,8H,1H3;2*1H;;/q2*-1;;;;+2/p-2. The van der Waals surface area contributed by atoms with Crippen LogP contribution in [-0.2, 0) is 22.7 Å². The van der Waals surface area contributed by atoms with Gasteiger partial charge in [0.05, 0.1) is 0 Å². The molecular weight excluding hydrogens is 510 g/mol. The Bertz CT molecular complexity index is 692. The summed E-state index contributed by atoms with van der Waals surface area (Å²) >= 11 is 6.43. The van der Waals surface area contributed by atoms with Gasteiger partial charge in [-0.3, -0.25) is 0 Å². The van der Waals surface area contributed by atoms with Crippen molar-refractivity contribution in [3.05, 3.63) is 76.7 Å². The molecule has 6 heteroatoms. The van der Waals surface area contributed by atoms with Gasteiger partial charge in [0.2, 0.25) is 0 Å². The van der Waals surface area contributed by atoms with Crippen LogP contribution in [0.1, 0.15) is 6.92 Å². The molecule has 1 aliphatic heterocycles. The van der Waals surface area contributed by atoms with Crippen LogP contribution in [0.3, 0.4) is 0 Å². The predicted molar refractivity (Wildman–Crippen MR) is 96.0 cm³/mol. The predicted octanol–water partition coefficient (Wildman–Crippen LogP) is 0.240. The molecule has 2 aliphatic rings. The molecule has 1 unspecified atom stereocenters. The fourth-order valence-corrected chi connectivity index (χ4v) is 3.93. The normalized spacial score (nSPS) is 17.0. The third-order valence-corrected chi connectivity index (χ3v) is 4.75. The van der Waals surface area contributed by atoms with E-state index in [0.29, 0.717) is 4.16 Å². The Morgan fingerprint density at radius 3 is 2.52 bits per heavy atom. The Morgan fingerprint density at radius 2 is 1.87 bits per heavy atom. The summed E-state index contributed by atoms with van der Waals surface area (Å²) in [7, 11) is 4.17. The van der Waals surface area contributed by atoms with Crippen molar-refractivity contribution in [3.8, 4) is 0 Å². The second-order valence-electron chi connectivity index (χ2n) is 4.54. The van der Waals surface area contributed by atoms with Gasteiger partial charge in [-0.25, -0.2) is 0 Å². The van der Waals surface area contributed by atoms with Crippen molar-refractivity contribution >= 4 is 47.3 Å². The molecule has 1 heterocycles. The van der Waals surface area contributed by atoms with Crippen molar-refractivity contribution in [2.45, 2.75) is 11.1 Å². The maximum Gasteiger partial charge on any atom is -0.0809 e. The van der Waals surface area contributed by atoms with Crippen molar-refractivity contribution in [3.63, 3.8) is 0 Å². The van der Waals surface area contributed by atoms with E-state index in [2.05, 4.69) is 92.4 Å². The second-order valence-corrected chi connectivity index (χ2v) is 7.21. The van der Waals surface area contributed by atoms with Gasteiger partial charge in [0.1, 0.15) is 0 Å². The summed E-state index contributed by atoms with van der Waals surface area (Å²) in [6.45, 7) is 2.11. The number of alkyl halides is 1. The summed E-state index contributed by atoms with van der Waals surface area (Å²) in [5, 5.41) is 2.66. The van der Waals surface area contributed by atoms with Crippen LogP contribution in [0.25, 0.3) is 10.8 Å². The van der Waals surface area contributed by atoms with Gasteiger partial charge in [-0.2, -0.15) is 47.0 Å². The third-order valence-electron chi connectivity index (χ3n) is 3.04.